The van der Waals surface area contributed by atoms with Gasteiger partial charge in [-0.3, -0.25) is 9.55 Å². The zero-order valence-corrected chi connectivity index (χ0v) is 26.3. The van der Waals surface area contributed by atoms with Gasteiger partial charge in [0.1, 0.15) is 22.5 Å². The maximum atomic E-state index is 6.61. The van der Waals surface area contributed by atoms with Gasteiger partial charge in [-0.15, -0.1) is 0 Å². The molecule has 3 aromatic heterocycles. The average Bonchev–Trinajstić information content (AvgIpc) is 3.64. The van der Waals surface area contributed by atoms with Crippen LogP contribution in [0.4, 0.5) is 0 Å². The molecule has 0 fully saturated rings. The summed E-state index contributed by atoms with van der Waals surface area (Å²) in [5, 5.41) is 3.29. The van der Waals surface area contributed by atoms with E-state index in [0.29, 0.717) is 0 Å². The highest BCUT2D eigenvalue weighted by atomic mass is 16.3. The molecule has 4 heteroatoms. The Morgan fingerprint density at radius 3 is 2.00 bits per heavy atom. The number of aryl methyl sites for hydroxylation is 1. The minimum absolute atomic E-state index is 0.266. The minimum atomic E-state index is 0.266. The van der Waals surface area contributed by atoms with Gasteiger partial charge in [0, 0.05) is 16.2 Å². The lowest BCUT2D eigenvalue weighted by atomic mass is 9.88. The molecule has 45 heavy (non-hydrogen) atoms. The molecule has 0 unspecified atom stereocenters. The van der Waals surface area contributed by atoms with Crippen LogP contribution in [0.3, 0.4) is 0 Å². The average molecular weight is 586 g/mol. The van der Waals surface area contributed by atoms with Crippen molar-refractivity contribution in [1.29, 1.82) is 0 Å². The third-order valence-corrected chi connectivity index (χ3v) is 9.06. The van der Waals surface area contributed by atoms with Gasteiger partial charge in [0.2, 0.25) is 0 Å². The number of hydrogen-bond donors (Lipinski definition) is 0. The monoisotopic (exact) mass is 585 g/mol. The smallest absolute Gasteiger partial charge is 0.149 e. The van der Waals surface area contributed by atoms with Crippen LogP contribution in [-0.4, -0.2) is 14.5 Å². The van der Waals surface area contributed by atoms with E-state index in [2.05, 4.69) is 136 Å². The predicted molar refractivity (Wildman–Crippen MR) is 187 cm³/mol. The van der Waals surface area contributed by atoms with Crippen molar-refractivity contribution < 1.29 is 4.42 Å². The van der Waals surface area contributed by atoms with Crippen LogP contribution in [-0.2, 0) is 0 Å². The molecule has 0 radical (unpaired) electrons. The molecule has 8 aromatic rings. The van der Waals surface area contributed by atoms with Crippen molar-refractivity contribution in [1.82, 2.24) is 14.5 Å². The molecule has 220 valence electrons. The first kappa shape index (κ1) is 27.3. The Morgan fingerprint density at radius 2 is 1.27 bits per heavy atom. The normalized spacial score (nSPS) is 12.1. The summed E-state index contributed by atoms with van der Waals surface area (Å²) in [6.45, 7) is 11.2. The maximum absolute atomic E-state index is 6.61. The summed E-state index contributed by atoms with van der Waals surface area (Å²) in [6, 6.07) is 38.6. The molecule has 4 nitrogen and oxygen atoms in total. The first-order valence-corrected chi connectivity index (χ1v) is 15.8. The number of benzene rings is 5. The molecule has 0 N–H and O–H groups in total. The second-order valence-electron chi connectivity index (χ2n) is 12.6. The van der Waals surface area contributed by atoms with Crippen LogP contribution in [0.2, 0.25) is 0 Å². The van der Waals surface area contributed by atoms with Crippen molar-refractivity contribution in [2.45, 2.75) is 46.5 Å². The number of furan rings is 1. The lowest BCUT2D eigenvalue weighted by Crippen LogP contribution is -2.10. The molecule has 0 aliphatic heterocycles. The number of imidazole rings is 1. The second kappa shape index (κ2) is 10.4. The van der Waals surface area contributed by atoms with Crippen molar-refractivity contribution in [3.8, 4) is 28.2 Å². The summed E-state index contributed by atoms with van der Waals surface area (Å²) in [4.78, 5) is 10.5. The van der Waals surface area contributed by atoms with E-state index in [4.69, 9.17) is 14.4 Å². The summed E-state index contributed by atoms with van der Waals surface area (Å²) in [5.41, 5.74) is 12.8. The first-order chi connectivity index (χ1) is 21.9. The molecular formula is C41H35N3O. The highest BCUT2D eigenvalue weighted by Gasteiger charge is 2.27. The molecular weight excluding hydrogens is 550 g/mol. The van der Waals surface area contributed by atoms with Crippen LogP contribution in [0.25, 0.3) is 72.1 Å². The van der Waals surface area contributed by atoms with E-state index in [9.17, 15) is 0 Å². The zero-order valence-electron chi connectivity index (χ0n) is 26.3. The van der Waals surface area contributed by atoms with E-state index in [1.807, 2.05) is 12.1 Å². The molecule has 0 bridgehead atoms. The van der Waals surface area contributed by atoms with Gasteiger partial charge in [0.25, 0.3) is 0 Å². The Hall–Kier alpha value is -5.22. The van der Waals surface area contributed by atoms with Gasteiger partial charge in [-0.25, -0.2) is 4.98 Å². The first-order valence-electron chi connectivity index (χ1n) is 15.8. The van der Waals surface area contributed by atoms with Crippen LogP contribution in [0.1, 0.15) is 56.4 Å². The van der Waals surface area contributed by atoms with E-state index in [-0.39, 0.29) is 11.8 Å². The third kappa shape index (κ3) is 4.27. The van der Waals surface area contributed by atoms with Crippen molar-refractivity contribution in [3.05, 3.63) is 126 Å². The Bertz CT molecular complexity index is 2360. The van der Waals surface area contributed by atoms with E-state index in [1.165, 1.54) is 27.9 Å². The Balaban J connectivity index is 1.57. The lowest BCUT2D eigenvalue weighted by Gasteiger charge is -2.24. The molecule has 0 saturated carbocycles. The van der Waals surface area contributed by atoms with Gasteiger partial charge in [-0.05, 0) is 71.3 Å². The number of nitrogens with zero attached hydrogens (tertiary/aromatic N) is 3. The topological polar surface area (TPSA) is 43.9 Å². The number of hydrogen-bond acceptors (Lipinski definition) is 3. The molecule has 0 aliphatic rings. The van der Waals surface area contributed by atoms with Gasteiger partial charge in [-0.2, -0.15) is 0 Å². The number of aromatic nitrogens is 3. The van der Waals surface area contributed by atoms with Gasteiger partial charge in [0.15, 0.2) is 0 Å². The molecule has 0 spiro atoms. The fourth-order valence-electron chi connectivity index (χ4n) is 6.86. The number of fused-ring (bicyclic) bond motifs is 6. The molecule has 3 heterocycles. The minimum Gasteiger partial charge on any atom is -0.455 e. The van der Waals surface area contributed by atoms with Gasteiger partial charge in [0.05, 0.1) is 28.0 Å². The lowest BCUT2D eigenvalue weighted by molar-refractivity contribution is 0.669. The Labute approximate surface area is 263 Å². The standard InChI is InChI=1S/C41H35N3O/c1-24(2)33-22-28(27-14-7-6-8-15-27)23-34(25(3)4)38(33)44-39-31-17-9-11-20-35(31)42-26(5)37(39)43-41(44)32-19-13-18-30-29-16-10-12-21-36(29)45-40(30)32/h6-25H,1-5H3. The molecule has 0 amide bonds. The second-order valence-corrected chi connectivity index (χ2v) is 12.6. The Kier molecular flexibility index (Phi) is 6.35. The van der Waals surface area contributed by atoms with Crippen molar-refractivity contribution in [3.63, 3.8) is 0 Å². The van der Waals surface area contributed by atoms with Crippen LogP contribution in [0.15, 0.2) is 114 Å². The van der Waals surface area contributed by atoms with E-state index >= 15 is 0 Å². The fourth-order valence-corrected chi connectivity index (χ4v) is 6.86. The summed E-state index contributed by atoms with van der Waals surface area (Å²) in [6.07, 6.45) is 0. The number of pyridine rings is 1. The summed E-state index contributed by atoms with van der Waals surface area (Å²) in [7, 11) is 0. The fraction of sp³-hybridized carbons (Fsp3) is 0.171. The largest absolute Gasteiger partial charge is 0.455 e. The molecule has 0 aliphatic carbocycles. The van der Waals surface area contributed by atoms with Crippen molar-refractivity contribution in [2.24, 2.45) is 0 Å². The Morgan fingerprint density at radius 1 is 0.622 bits per heavy atom. The molecule has 0 atom stereocenters. The van der Waals surface area contributed by atoms with E-state index in [1.54, 1.807) is 0 Å². The summed E-state index contributed by atoms with van der Waals surface area (Å²) in [5.74, 6) is 1.40. The van der Waals surface area contributed by atoms with Crippen LogP contribution < -0.4 is 0 Å². The van der Waals surface area contributed by atoms with E-state index in [0.717, 1.165) is 61.0 Å². The number of rotatable bonds is 5. The van der Waals surface area contributed by atoms with Gasteiger partial charge in [-0.1, -0.05) is 107 Å². The highest BCUT2D eigenvalue weighted by Crippen LogP contribution is 2.44. The highest BCUT2D eigenvalue weighted by molar-refractivity contribution is 6.11. The van der Waals surface area contributed by atoms with E-state index < -0.39 is 0 Å². The summed E-state index contributed by atoms with van der Waals surface area (Å²) >= 11 is 0. The van der Waals surface area contributed by atoms with Gasteiger partial charge < -0.3 is 4.42 Å². The maximum Gasteiger partial charge on any atom is 0.149 e. The molecule has 0 saturated heterocycles. The predicted octanol–water partition coefficient (Wildman–Crippen LogP) is 11.4. The molecule has 5 aromatic carbocycles. The molecule has 8 rings (SSSR count). The van der Waals surface area contributed by atoms with Gasteiger partial charge >= 0.3 is 0 Å². The quantitative estimate of drug-likeness (QED) is 0.202. The van der Waals surface area contributed by atoms with Crippen LogP contribution in [0, 0.1) is 6.92 Å². The van der Waals surface area contributed by atoms with Crippen molar-refractivity contribution in [2.75, 3.05) is 0 Å². The zero-order chi connectivity index (χ0) is 30.8. The number of para-hydroxylation sites is 3. The van der Waals surface area contributed by atoms with Crippen LogP contribution in [0.5, 0.6) is 0 Å². The van der Waals surface area contributed by atoms with Crippen molar-refractivity contribution >= 4 is 43.9 Å². The summed E-state index contributed by atoms with van der Waals surface area (Å²) < 4.78 is 9.03. The van der Waals surface area contributed by atoms with Crippen LogP contribution >= 0.6 is 0 Å². The third-order valence-electron chi connectivity index (χ3n) is 9.06. The SMILES string of the molecule is Cc1nc2ccccc2c2c1nc(-c1cccc3c1oc1ccccc13)n2-c1c(C(C)C)cc(-c2ccccc2)cc1C(C)C.